The van der Waals surface area contributed by atoms with Crippen molar-refractivity contribution < 1.29 is 0 Å². The first kappa shape index (κ1) is 29.3. The van der Waals surface area contributed by atoms with E-state index < -0.39 is 0 Å². The van der Waals surface area contributed by atoms with Gasteiger partial charge in [-0.2, -0.15) is 5.10 Å². The molecule has 1 atom stereocenters. The van der Waals surface area contributed by atoms with Crippen molar-refractivity contribution in [2.24, 2.45) is 21.3 Å². The Hall–Kier alpha value is -3.27. The highest BCUT2D eigenvalue weighted by Crippen LogP contribution is 2.50. The zero-order chi connectivity index (χ0) is 27.5. The van der Waals surface area contributed by atoms with Crippen LogP contribution in [0.25, 0.3) is 0 Å². The van der Waals surface area contributed by atoms with Gasteiger partial charge in [0, 0.05) is 24.9 Å². The second-order valence-corrected chi connectivity index (χ2v) is 11.3. The minimum absolute atomic E-state index is 0.396. The molecule has 38 heavy (non-hydrogen) atoms. The van der Waals surface area contributed by atoms with E-state index >= 15 is 0 Å². The molecule has 0 amide bonds. The van der Waals surface area contributed by atoms with Crippen LogP contribution in [0.5, 0.6) is 0 Å². The van der Waals surface area contributed by atoms with Gasteiger partial charge in [-0.15, -0.1) is 6.58 Å². The molecule has 1 aromatic carbocycles. The van der Waals surface area contributed by atoms with Gasteiger partial charge in [-0.05, 0) is 87.3 Å². The summed E-state index contributed by atoms with van der Waals surface area (Å²) in [5.74, 6) is 1.93. The molecule has 4 nitrogen and oxygen atoms in total. The second-order valence-electron chi connectivity index (χ2n) is 11.3. The van der Waals surface area contributed by atoms with E-state index in [1.807, 2.05) is 36.2 Å². The molecule has 2 aromatic rings. The molecule has 202 valence electrons. The maximum Gasteiger partial charge on any atom is 0.152 e. The molecule has 0 aliphatic heterocycles. The molecule has 0 N–H and O–H groups in total. The fourth-order valence-electron chi connectivity index (χ4n) is 5.16. The Labute approximate surface area is 230 Å². The second kappa shape index (κ2) is 14.0. The summed E-state index contributed by atoms with van der Waals surface area (Å²) >= 11 is 0. The molecule has 1 aliphatic rings. The van der Waals surface area contributed by atoms with E-state index in [4.69, 9.17) is 4.99 Å². The Bertz CT molecular complexity index is 1190. The molecule has 0 radical (unpaired) electrons. The summed E-state index contributed by atoms with van der Waals surface area (Å²) in [5.41, 5.74) is 6.59. The van der Waals surface area contributed by atoms with Crippen LogP contribution in [0.2, 0.25) is 0 Å². The molecule has 1 fully saturated rings. The van der Waals surface area contributed by atoms with Gasteiger partial charge in [0.15, 0.2) is 5.82 Å². The first-order valence-electron chi connectivity index (χ1n) is 14.0. The van der Waals surface area contributed by atoms with Gasteiger partial charge in [-0.25, -0.2) is 9.67 Å². The first-order chi connectivity index (χ1) is 18.2. The number of aromatic nitrogens is 2. The molecule has 0 spiro atoms. The van der Waals surface area contributed by atoms with E-state index in [0.717, 1.165) is 36.3 Å². The summed E-state index contributed by atoms with van der Waals surface area (Å²) in [5, 5.41) is 4.61. The van der Waals surface area contributed by atoms with Crippen LogP contribution >= 0.6 is 0 Å². The molecule has 1 aromatic heterocycles. The lowest BCUT2D eigenvalue weighted by Crippen LogP contribution is -2.29. The van der Waals surface area contributed by atoms with E-state index in [0.29, 0.717) is 23.9 Å². The fourth-order valence-corrected chi connectivity index (χ4v) is 5.16. The van der Waals surface area contributed by atoms with Crippen LogP contribution in [0.3, 0.4) is 0 Å². The quantitative estimate of drug-likeness (QED) is 0.150. The lowest BCUT2D eigenvalue weighted by Gasteiger charge is -2.43. The van der Waals surface area contributed by atoms with Crippen molar-refractivity contribution in [1.82, 2.24) is 9.78 Å². The summed E-state index contributed by atoms with van der Waals surface area (Å²) < 4.78 is 1.87. The van der Waals surface area contributed by atoms with Gasteiger partial charge in [-0.1, -0.05) is 74.1 Å². The van der Waals surface area contributed by atoms with Crippen LogP contribution in [0, 0.1) is 18.3 Å². The first-order valence-corrected chi connectivity index (χ1v) is 14.0. The minimum Gasteiger partial charge on any atom is -0.269 e. The summed E-state index contributed by atoms with van der Waals surface area (Å²) in [6.07, 6.45) is 20.3. The topological polar surface area (TPSA) is 42.5 Å². The Kier molecular flexibility index (Phi) is 10.8. The maximum absolute atomic E-state index is 4.78. The highest BCUT2D eigenvalue weighted by atomic mass is 15.3. The number of allylic oxidation sites excluding steroid dienone is 7. The van der Waals surface area contributed by atoms with Gasteiger partial charge in [0.2, 0.25) is 0 Å². The highest BCUT2D eigenvalue weighted by molar-refractivity contribution is 5.79. The van der Waals surface area contributed by atoms with E-state index in [9.17, 15) is 0 Å². The minimum atomic E-state index is 0.396. The normalized spacial score (nSPS) is 17.5. The van der Waals surface area contributed by atoms with Crippen LogP contribution in [0.4, 0.5) is 5.82 Å². The van der Waals surface area contributed by atoms with E-state index in [1.165, 1.54) is 29.6 Å². The van der Waals surface area contributed by atoms with Crippen LogP contribution in [-0.4, -0.2) is 22.2 Å². The smallest absolute Gasteiger partial charge is 0.152 e. The Morgan fingerprint density at radius 3 is 2.58 bits per heavy atom. The SMILES string of the molecule is C=CCCC(/C=C\C)/C=C(C/C=N\c1cc(C)nn1C/N=C/c1ccc(C2CC(C)(C)C2)cc1)\C(C)=C\C. The maximum atomic E-state index is 4.78. The van der Waals surface area contributed by atoms with Crippen LogP contribution in [0.1, 0.15) is 89.5 Å². The number of hydrogen-bond acceptors (Lipinski definition) is 3. The van der Waals surface area contributed by atoms with Crippen molar-refractivity contribution in [2.75, 3.05) is 0 Å². The number of rotatable bonds is 13. The van der Waals surface area contributed by atoms with Crippen molar-refractivity contribution in [3.63, 3.8) is 0 Å². The van der Waals surface area contributed by atoms with Crippen LogP contribution in [0.15, 0.2) is 88.4 Å². The Morgan fingerprint density at radius 1 is 1.21 bits per heavy atom. The third-order valence-corrected chi connectivity index (χ3v) is 7.38. The summed E-state index contributed by atoms with van der Waals surface area (Å²) in [4.78, 5) is 9.44. The van der Waals surface area contributed by atoms with Crippen molar-refractivity contribution >= 4 is 18.2 Å². The predicted octanol–water partition coefficient (Wildman–Crippen LogP) is 9.32. The van der Waals surface area contributed by atoms with Gasteiger partial charge >= 0.3 is 0 Å². The standard InChI is InChI=1S/C34H46N4/c1-8-11-13-28(12-9-2)21-31(26(4)10-3)18-19-36-33-20-27(5)37-38(33)25-35-24-29-14-16-30(17-15-29)32-22-34(6,7)23-32/h8-10,12,14-17,19-21,24,28,32H,1,11,13,18,22-23,25H2,2-7H3/b12-9-,26-10+,31-21-,35-24+,36-19-. The molecular weight excluding hydrogens is 464 g/mol. The van der Waals surface area contributed by atoms with Crippen LogP contribution < -0.4 is 0 Å². The predicted molar refractivity (Wildman–Crippen MR) is 165 cm³/mol. The molecule has 0 saturated heterocycles. The average molecular weight is 511 g/mol. The molecule has 1 heterocycles. The van der Waals surface area contributed by atoms with E-state index in [-0.39, 0.29) is 0 Å². The van der Waals surface area contributed by atoms with Gasteiger partial charge in [0.25, 0.3) is 0 Å². The molecule has 1 aliphatic carbocycles. The van der Waals surface area contributed by atoms with E-state index in [2.05, 4.69) is 99.9 Å². The van der Waals surface area contributed by atoms with Crippen molar-refractivity contribution in [3.8, 4) is 0 Å². The Morgan fingerprint density at radius 2 is 1.95 bits per heavy atom. The number of nitrogens with zero attached hydrogens (tertiary/aromatic N) is 4. The lowest BCUT2D eigenvalue weighted by atomic mass is 9.62. The molecular formula is C34H46N4. The third-order valence-electron chi connectivity index (χ3n) is 7.38. The average Bonchev–Trinajstić information content (AvgIpc) is 3.24. The Balaban J connectivity index is 1.64. The van der Waals surface area contributed by atoms with E-state index in [1.54, 1.807) is 0 Å². The van der Waals surface area contributed by atoms with Gasteiger partial charge in [0.1, 0.15) is 6.67 Å². The zero-order valence-corrected chi connectivity index (χ0v) is 24.3. The molecule has 1 unspecified atom stereocenters. The third kappa shape index (κ3) is 8.65. The largest absolute Gasteiger partial charge is 0.269 e. The van der Waals surface area contributed by atoms with Crippen molar-refractivity contribution in [3.05, 3.63) is 95.3 Å². The number of aliphatic imine (C=N–C) groups is 2. The zero-order valence-electron chi connectivity index (χ0n) is 24.3. The highest BCUT2D eigenvalue weighted by Gasteiger charge is 2.36. The molecule has 4 heteroatoms. The number of aryl methyl sites for hydroxylation is 1. The molecule has 0 bridgehead atoms. The monoisotopic (exact) mass is 510 g/mol. The van der Waals surface area contributed by atoms with Gasteiger partial charge < -0.3 is 0 Å². The summed E-state index contributed by atoms with van der Waals surface area (Å²) in [6.45, 7) is 17.4. The summed E-state index contributed by atoms with van der Waals surface area (Å²) in [6, 6.07) is 10.9. The van der Waals surface area contributed by atoms with Crippen LogP contribution in [-0.2, 0) is 6.67 Å². The lowest BCUT2D eigenvalue weighted by molar-refractivity contribution is 0.151. The van der Waals surface area contributed by atoms with Crippen molar-refractivity contribution in [2.45, 2.75) is 86.2 Å². The molecule has 3 rings (SSSR count). The number of hydrogen-bond donors (Lipinski definition) is 0. The van der Waals surface area contributed by atoms with Gasteiger partial charge in [-0.3, -0.25) is 4.99 Å². The fraction of sp³-hybridized carbons (Fsp3) is 0.441. The van der Waals surface area contributed by atoms with Crippen molar-refractivity contribution in [1.29, 1.82) is 0 Å². The number of benzene rings is 1. The summed E-state index contributed by atoms with van der Waals surface area (Å²) in [7, 11) is 0. The molecule has 1 saturated carbocycles. The van der Waals surface area contributed by atoms with Gasteiger partial charge in [0.05, 0.1) is 5.69 Å².